The summed E-state index contributed by atoms with van der Waals surface area (Å²) in [7, 11) is 0. The second-order valence-electron chi connectivity index (χ2n) is 7.90. The monoisotopic (exact) mass is 443 g/mol. The number of fused-ring (bicyclic) bond motifs is 1. The van der Waals surface area contributed by atoms with Gasteiger partial charge in [0, 0.05) is 23.6 Å². The van der Waals surface area contributed by atoms with E-state index in [2.05, 4.69) is 5.32 Å². The first-order valence-corrected chi connectivity index (χ1v) is 10.4. The summed E-state index contributed by atoms with van der Waals surface area (Å²) in [5.74, 6) is -1.08. The number of aromatic nitrogens is 1. The zero-order chi connectivity index (χ0) is 22.9. The number of hydrogen-bond acceptors (Lipinski definition) is 2. The molecule has 7 heteroatoms. The van der Waals surface area contributed by atoms with E-state index in [1.54, 1.807) is 24.3 Å². The summed E-state index contributed by atoms with van der Waals surface area (Å²) in [6, 6.07) is 19.3. The van der Waals surface area contributed by atoms with Crippen LogP contribution in [0.15, 0.2) is 84.7 Å². The van der Waals surface area contributed by atoms with Crippen LogP contribution in [0.3, 0.4) is 0 Å². The molecule has 4 aromatic rings. The molecule has 0 spiro atoms. The molecular formula is C26H19F2N3O2. The molecule has 0 aliphatic carbocycles. The van der Waals surface area contributed by atoms with E-state index < -0.39 is 11.9 Å². The minimum absolute atomic E-state index is 0.0598. The van der Waals surface area contributed by atoms with E-state index >= 15 is 0 Å². The molecule has 0 atom stereocenters. The number of carbonyl (C=O) groups is 2. The van der Waals surface area contributed by atoms with Gasteiger partial charge in [0.1, 0.15) is 17.3 Å². The van der Waals surface area contributed by atoms with Crippen molar-refractivity contribution in [1.82, 2.24) is 14.8 Å². The number of halogens is 2. The van der Waals surface area contributed by atoms with Crippen molar-refractivity contribution in [2.24, 2.45) is 0 Å². The fourth-order valence-electron chi connectivity index (χ4n) is 3.93. The number of urea groups is 1. The van der Waals surface area contributed by atoms with Crippen LogP contribution >= 0.6 is 0 Å². The summed E-state index contributed by atoms with van der Waals surface area (Å²) in [6.45, 7) is 0.596. The molecule has 2 heterocycles. The maximum absolute atomic E-state index is 13.5. The summed E-state index contributed by atoms with van der Waals surface area (Å²) in [5.41, 5.74) is 3.43. The number of carbonyl (C=O) groups excluding carboxylic acids is 2. The average Bonchev–Trinajstić information content (AvgIpc) is 3.30. The van der Waals surface area contributed by atoms with Crippen LogP contribution in [0.2, 0.25) is 0 Å². The topological polar surface area (TPSA) is 54.3 Å². The Hall–Kier alpha value is -4.26. The number of hydrogen-bond donors (Lipinski definition) is 1. The molecule has 0 unspecified atom stereocenters. The second-order valence-corrected chi connectivity index (χ2v) is 7.90. The van der Waals surface area contributed by atoms with E-state index in [0.717, 1.165) is 26.9 Å². The predicted octanol–water partition coefficient (Wildman–Crippen LogP) is 5.06. The Labute approximate surface area is 188 Å². The Morgan fingerprint density at radius 2 is 1.64 bits per heavy atom. The average molecular weight is 443 g/mol. The number of nitrogens with zero attached hydrogens (tertiary/aromatic N) is 2. The first kappa shape index (κ1) is 20.6. The molecule has 1 aliphatic rings. The molecule has 33 heavy (non-hydrogen) atoms. The lowest BCUT2D eigenvalue weighted by Crippen LogP contribution is -2.30. The standard InChI is InChI=1S/C26H19F2N3O2/c27-21-7-4-17(5-8-21)16-31-25(32)23(29-26(31)33)14-18-6-9-24-20(12-18)10-11-30(24)15-19-2-1-3-22(28)13-19/h1-14H,15-16H2,(H,29,33)/b23-14+. The van der Waals surface area contributed by atoms with E-state index in [9.17, 15) is 18.4 Å². The number of nitrogens with one attached hydrogen (secondary N) is 1. The van der Waals surface area contributed by atoms with Gasteiger partial charge < -0.3 is 9.88 Å². The van der Waals surface area contributed by atoms with E-state index in [-0.39, 0.29) is 23.9 Å². The summed E-state index contributed by atoms with van der Waals surface area (Å²) >= 11 is 0. The quantitative estimate of drug-likeness (QED) is 0.346. The highest BCUT2D eigenvalue weighted by Gasteiger charge is 2.33. The van der Waals surface area contributed by atoms with Crippen LogP contribution in [-0.2, 0) is 17.9 Å². The first-order valence-electron chi connectivity index (χ1n) is 10.4. The lowest BCUT2D eigenvalue weighted by molar-refractivity contribution is -0.123. The van der Waals surface area contributed by atoms with Crippen molar-refractivity contribution in [2.75, 3.05) is 0 Å². The zero-order valence-corrected chi connectivity index (χ0v) is 17.5. The fourth-order valence-corrected chi connectivity index (χ4v) is 3.93. The molecule has 3 amide bonds. The number of rotatable bonds is 5. The highest BCUT2D eigenvalue weighted by Crippen LogP contribution is 2.22. The molecule has 5 nitrogen and oxygen atoms in total. The predicted molar refractivity (Wildman–Crippen MR) is 121 cm³/mol. The molecule has 1 N–H and O–H groups in total. The molecule has 0 radical (unpaired) electrons. The lowest BCUT2D eigenvalue weighted by Gasteiger charge is -2.11. The summed E-state index contributed by atoms with van der Waals surface area (Å²) in [5, 5.41) is 3.57. The van der Waals surface area contributed by atoms with Crippen LogP contribution in [0.1, 0.15) is 16.7 Å². The van der Waals surface area contributed by atoms with Crippen LogP contribution in [0.4, 0.5) is 13.6 Å². The Bertz CT molecular complexity index is 1410. The fraction of sp³-hybridized carbons (Fsp3) is 0.0769. The highest BCUT2D eigenvalue weighted by molar-refractivity contribution is 6.14. The Morgan fingerprint density at radius 3 is 2.42 bits per heavy atom. The van der Waals surface area contributed by atoms with Gasteiger partial charge in [-0.3, -0.25) is 9.69 Å². The molecule has 1 fully saturated rings. The van der Waals surface area contributed by atoms with Gasteiger partial charge in [0.05, 0.1) is 6.54 Å². The van der Waals surface area contributed by atoms with Gasteiger partial charge in [0.15, 0.2) is 0 Å². The van der Waals surface area contributed by atoms with Crippen LogP contribution < -0.4 is 5.32 Å². The van der Waals surface area contributed by atoms with Crippen molar-refractivity contribution in [3.05, 3.63) is 113 Å². The Kier molecular flexibility index (Phi) is 5.22. The molecule has 1 saturated heterocycles. The van der Waals surface area contributed by atoms with Crippen molar-refractivity contribution in [3.63, 3.8) is 0 Å². The molecular weight excluding hydrogens is 424 g/mol. The molecule has 0 bridgehead atoms. The van der Waals surface area contributed by atoms with Crippen molar-refractivity contribution in [2.45, 2.75) is 13.1 Å². The van der Waals surface area contributed by atoms with Crippen molar-refractivity contribution < 1.29 is 18.4 Å². The molecule has 0 saturated carbocycles. The summed E-state index contributed by atoms with van der Waals surface area (Å²) < 4.78 is 28.6. The molecule has 1 aromatic heterocycles. The third kappa shape index (κ3) is 4.25. The lowest BCUT2D eigenvalue weighted by atomic mass is 10.1. The van der Waals surface area contributed by atoms with Crippen molar-refractivity contribution in [1.29, 1.82) is 0 Å². The van der Waals surface area contributed by atoms with Gasteiger partial charge in [-0.15, -0.1) is 0 Å². The maximum atomic E-state index is 13.5. The van der Waals surface area contributed by atoms with Crippen LogP contribution in [0, 0.1) is 11.6 Å². The molecule has 5 rings (SSSR count). The van der Waals surface area contributed by atoms with E-state index in [1.807, 2.05) is 41.1 Å². The van der Waals surface area contributed by atoms with Gasteiger partial charge in [-0.25, -0.2) is 13.6 Å². The summed E-state index contributed by atoms with van der Waals surface area (Å²) in [4.78, 5) is 26.2. The molecule has 164 valence electrons. The SMILES string of the molecule is O=C1N/C(=C/c2ccc3c(ccn3Cc3cccc(F)c3)c2)C(=O)N1Cc1ccc(F)cc1. The largest absolute Gasteiger partial charge is 0.343 e. The smallest absolute Gasteiger partial charge is 0.329 e. The van der Waals surface area contributed by atoms with Gasteiger partial charge in [0.25, 0.3) is 5.91 Å². The van der Waals surface area contributed by atoms with Gasteiger partial charge >= 0.3 is 6.03 Å². The normalized spacial score (nSPS) is 15.0. The van der Waals surface area contributed by atoms with E-state index in [1.165, 1.54) is 24.3 Å². The van der Waals surface area contributed by atoms with Crippen LogP contribution in [0.25, 0.3) is 17.0 Å². The summed E-state index contributed by atoms with van der Waals surface area (Å²) in [6.07, 6.45) is 3.56. The molecule has 1 aliphatic heterocycles. The van der Waals surface area contributed by atoms with Gasteiger partial charge in [-0.1, -0.05) is 30.3 Å². The zero-order valence-electron chi connectivity index (χ0n) is 17.5. The van der Waals surface area contributed by atoms with Crippen molar-refractivity contribution >= 4 is 28.9 Å². The maximum Gasteiger partial charge on any atom is 0.329 e. The van der Waals surface area contributed by atoms with Gasteiger partial charge in [-0.2, -0.15) is 0 Å². The van der Waals surface area contributed by atoms with Crippen LogP contribution in [0.5, 0.6) is 0 Å². The minimum Gasteiger partial charge on any atom is -0.343 e. The molecule has 3 aromatic carbocycles. The number of imide groups is 1. The van der Waals surface area contributed by atoms with E-state index in [0.29, 0.717) is 12.1 Å². The number of amides is 3. The van der Waals surface area contributed by atoms with Crippen molar-refractivity contribution in [3.8, 4) is 0 Å². The van der Waals surface area contributed by atoms with E-state index in [4.69, 9.17) is 0 Å². The third-order valence-corrected chi connectivity index (χ3v) is 5.56. The number of benzene rings is 3. The van der Waals surface area contributed by atoms with Gasteiger partial charge in [0.2, 0.25) is 0 Å². The van der Waals surface area contributed by atoms with Crippen LogP contribution in [-0.4, -0.2) is 21.4 Å². The second kappa shape index (κ2) is 8.35. The van der Waals surface area contributed by atoms with Gasteiger partial charge in [-0.05, 0) is 65.2 Å². The third-order valence-electron chi connectivity index (χ3n) is 5.56. The minimum atomic E-state index is -0.516. The Balaban J connectivity index is 1.36. The Morgan fingerprint density at radius 1 is 0.818 bits per heavy atom. The highest BCUT2D eigenvalue weighted by atomic mass is 19.1. The first-order chi connectivity index (χ1) is 16.0.